The van der Waals surface area contributed by atoms with Crippen molar-refractivity contribution in [1.82, 2.24) is 4.98 Å². The number of rotatable bonds is 3. The summed E-state index contributed by atoms with van der Waals surface area (Å²) >= 11 is 0. The third kappa shape index (κ3) is 2.21. The van der Waals surface area contributed by atoms with E-state index in [4.69, 9.17) is 10.5 Å². The molecule has 21 heavy (non-hydrogen) atoms. The second-order valence-electron chi connectivity index (χ2n) is 7.35. The van der Waals surface area contributed by atoms with Crippen LogP contribution in [0.3, 0.4) is 0 Å². The molecular formula is C17H24N2O2. The maximum atomic E-state index is 12.2. The number of anilines is 1. The van der Waals surface area contributed by atoms with Gasteiger partial charge in [-0.1, -0.05) is 20.8 Å². The van der Waals surface area contributed by atoms with Gasteiger partial charge in [0.15, 0.2) is 0 Å². The predicted molar refractivity (Wildman–Crippen MR) is 81.5 cm³/mol. The van der Waals surface area contributed by atoms with Crippen LogP contribution in [0.4, 0.5) is 5.69 Å². The Balaban J connectivity index is 1.65. The maximum Gasteiger partial charge on any atom is 0.312 e. The molecule has 1 heterocycles. The summed E-state index contributed by atoms with van der Waals surface area (Å²) in [5.74, 6) is 0.497. The van der Waals surface area contributed by atoms with Crippen LogP contribution in [-0.4, -0.2) is 17.1 Å². The van der Waals surface area contributed by atoms with Crippen molar-refractivity contribution < 1.29 is 9.53 Å². The number of hydrogen-bond acceptors (Lipinski definition) is 4. The van der Waals surface area contributed by atoms with Gasteiger partial charge in [0, 0.05) is 5.41 Å². The first-order chi connectivity index (χ1) is 9.83. The number of hydrogen-bond donors (Lipinski definition) is 1. The van der Waals surface area contributed by atoms with Crippen LogP contribution in [0.25, 0.3) is 0 Å². The number of aromatic nitrogens is 1. The van der Waals surface area contributed by atoms with E-state index in [0.29, 0.717) is 17.3 Å². The molecule has 3 rings (SSSR count). The SMILES string of the molecule is CC1(C)C2CCC1(C)C(OC(=O)Cc1ccc(N)cn1)C2. The summed E-state index contributed by atoms with van der Waals surface area (Å²) < 4.78 is 5.81. The zero-order valence-corrected chi connectivity index (χ0v) is 13.1. The summed E-state index contributed by atoms with van der Waals surface area (Å²) in [4.78, 5) is 16.4. The lowest BCUT2D eigenvalue weighted by molar-refractivity contribution is -0.156. The Morgan fingerprint density at radius 3 is 2.71 bits per heavy atom. The maximum absolute atomic E-state index is 12.2. The lowest BCUT2D eigenvalue weighted by atomic mass is 9.70. The monoisotopic (exact) mass is 288 g/mol. The highest BCUT2D eigenvalue weighted by atomic mass is 16.5. The molecule has 1 aromatic heterocycles. The Morgan fingerprint density at radius 2 is 2.19 bits per heavy atom. The minimum Gasteiger partial charge on any atom is -0.461 e. The normalized spacial score (nSPS) is 33.1. The summed E-state index contributed by atoms with van der Waals surface area (Å²) in [6.45, 7) is 6.92. The topological polar surface area (TPSA) is 65.2 Å². The van der Waals surface area contributed by atoms with E-state index in [0.717, 1.165) is 12.8 Å². The first-order valence-corrected chi connectivity index (χ1v) is 7.73. The molecule has 2 saturated carbocycles. The van der Waals surface area contributed by atoms with Crippen molar-refractivity contribution in [2.75, 3.05) is 5.73 Å². The van der Waals surface area contributed by atoms with E-state index in [9.17, 15) is 4.79 Å². The van der Waals surface area contributed by atoms with E-state index in [-0.39, 0.29) is 29.3 Å². The number of nitrogens with two attached hydrogens (primary N) is 1. The highest BCUT2D eigenvalue weighted by molar-refractivity contribution is 5.72. The van der Waals surface area contributed by atoms with Crippen LogP contribution in [0, 0.1) is 16.7 Å². The first kappa shape index (κ1) is 14.4. The minimum atomic E-state index is -0.179. The van der Waals surface area contributed by atoms with Gasteiger partial charge in [0.1, 0.15) is 6.10 Å². The van der Waals surface area contributed by atoms with Gasteiger partial charge in [-0.2, -0.15) is 0 Å². The molecule has 2 bridgehead atoms. The molecule has 2 aliphatic carbocycles. The number of pyridine rings is 1. The van der Waals surface area contributed by atoms with Gasteiger partial charge in [-0.15, -0.1) is 0 Å². The van der Waals surface area contributed by atoms with E-state index in [1.807, 2.05) is 0 Å². The summed E-state index contributed by atoms with van der Waals surface area (Å²) in [6.07, 6.45) is 5.26. The number of fused-ring (bicyclic) bond motifs is 2. The minimum absolute atomic E-state index is 0.0486. The Bertz CT molecular complexity index is 552. The number of esters is 1. The molecule has 3 atom stereocenters. The summed E-state index contributed by atoms with van der Waals surface area (Å²) in [7, 11) is 0. The molecule has 0 saturated heterocycles. The molecule has 4 nitrogen and oxygen atoms in total. The molecule has 114 valence electrons. The van der Waals surface area contributed by atoms with Crippen molar-refractivity contribution in [3.63, 3.8) is 0 Å². The van der Waals surface area contributed by atoms with Crippen molar-refractivity contribution in [1.29, 1.82) is 0 Å². The fraction of sp³-hybridized carbons (Fsp3) is 0.647. The van der Waals surface area contributed by atoms with Crippen molar-refractivity contribution in [2.45, 2.75) is 52.6 Å². The molecule has 0 spiro atoms. The Hall–Kier alpha value is -1.58. The van der Waals surface area contributed by atoms with Crippen molar-refractivity contribution in [3.8, 4) is 0 Å². The van der Waals surface area contributed by atoms with E-state index in [2.05, 4.69) is 25.8 Å². The van der Waals surface area contributed by atoms with Crippen LogP contribution in [0.15, 0.2) is 18.3 Å². The molecule has 2 aliphatic rings. The average molecular weight is 288 g/mol. The largest absolute Gasteiger partial charge is 0.461 e. The zero-order valence-electron chi connectivity index (χ0n) is 13.1. The van der Waals surface area contributed by atoms with E-state index >= 15 is 0 Å². The summed E-state index contributed by atoms with van der Waals surface area (Å²) in [5, 5.41) is 0. The summed E-state index contributed by atoms with van der Waals surface area (Å²) in [6, 6.07) is 3.54. The molecule has 2 fully saturated rings. The van der Waals surface area contributed by atoms with Gasteiger partial charge in [-0.25, -0.2) is 0 Å². The number of carbonyl (C=O) groups excluding carboxylic acids is 1. The fourth-order valence-electron chi connectivity index (χ4n) is 4.20. The highest BCUT2D eigenvalue weighted by Crippen LogP contribution is 2.66. The third-order valence-electron chi connectivity index (χ3n) is 6.16. The smallest absolute Gasteiger partial charge is 0.312 e. The van der Waals surface area contributed by atoms with E-state index < -0.39 is 0 Å². The van der Waals surface area contributed by atoms with Crippen LogP contribution < -0.4 is 5.73 Å². The molecule has 0 aromatic carbocycles. The number of nitrogen functional groups attached to an aromatic ring is 1. The van der Waals surface area contributed by atoms with Crippen molar-refractivity contribution >= 4 is 11.7 Å². The van der Waals surface area contributed by atoms with E-state index in [1.165, 1.54) is 6.42 Å². The van der Waals surface area contributed by atoms with Gasteiger partial charge in [0.25, 0.3) is 0 Å². The Kier molecular flexibility index (Phi) is 3.23. The van der Waals surface area contributed by atoms with Crippen LogP contribution in [0.1, 0.15) is 45.7 Å². The highest BCUT2D eigenvalue weighted by Gasteiger charge is 2.62. The van der Waals surface area contributed by atoms with Crippen LogP contribution >= 0.6 is 0 Å². The third-order valence-corrected chi connectivity index (χ3v) is 6.16. The first-order valence-electron chi connectivity index (χ1n) is 7.73. The van der Waals surface area contributed by atoms with Crippen LogP contribution in [0.5, 0.6) is 0 Å². The van der Waals surface area contributed by atoms with Crippen LogP contribution in [-0.2, 0) is 16.0 Å². The molecule has 4 heteroatoms. The number of ether oxygens (including phenoxy) is 1. The van der Waals surface area contributed by atoms with Gasteiger partial charge in [-0.3, -0.25) is 9.78 Å². The zero-order chi connectivity index (χ0) is 15.3. The molecule has 0 aliphatic heterocycles. The molecule has 1 aromatic rings. The lowest BCUT2D eigenvalue weighted by Crippen LogP contribution is -2.38. The molecule has 2 N–H and O–H groups in total. The molecular weight excluding hydrogens is 264 g/mol. The van der Waals surface area contributed by atoms with Gasteiger partial charge < -0.3 is 10.5 Å². The number of carbonyl (C=O) groups is 1. The molecule has 0 amide bonds. The lowest BCUT2D eigenvalue weighted by Gasteiger charge is -2.38. The molecule has 3 unspecified atom stereocenters. The Morgan fingerprint density at radius 1 is 1.43 bits per heavy atom. The second kappa shape index (κ2) is 4.72. The average Bonchev–Trinajstić information content (AvgIpc) is 2.74. The molecule has 0 radical (unpaired) electrons. The predicted octanol–water partition coefficient (Wildman–Crippen LogP) is 2.96. The fourth-order valence-corrected chi connectivity index (χ4v) is 4.20. The van der Waals surface area contributed by atoms with Crippen LogP contribution in [0.2, 0.25) is 0 Å². The quantitative estimate of drug-likeness (QED) is 0.868. The second-order valence-corrected chi connectivity index (χ2v) is 7.35. The summed E-state index contributed by atoms with van der Waals surface area (Å²) in [5.41, 5.74) is 7.29. The van der Waals surface area contributed by atoms with Gasteiger partial charge >= 0.3 is 5.97 Å². The van der Waals surface area contributed by atoms with Gasteiger partial charge in [-0.05, 0) is 42.7 Å². The van der Waals surface area contributed by atoms with E-state index in [1.54, 1.807) is 18.3 Å². The Labute approximate surface area is 126 Å². The van der Waals surface area contributed by atoms with Gasteiger partial charge in [0.2, 0.25) is 0 Å². The van der Waals surface area contributed by atoms with Crippen molar-refractivity contribution in [2.24, 2.45) is 16.7 Å². The van der Waals surface area contributed by atoms with Crippen molar-refractivity contribution in [3.05, 3.63) is 24.0 Å². The standard InChI is InChI=1S/C17H24N2O2/c1-16(2)11-6-7-17(16,3)14(8-11)21-15(20)9-13-5-4-12(18)10-19-13/h4-5,10-11,14H,6-9,18H2,1-3H3. The number of nitrogens with zero attached hydrogens (tertiary/aromatic N) is 1. The van der Waals surface area contributed by atoms with Gasteiger partial charge in [0.05, 0.1) is 24.0 Å².